The number of furan rings is 1. The van der Waals surface area contributed by atoms with Crippen molar-refractivity contribution in [1.82, 2.24) is 5.32 Å². The lowest BCUT2D eigenvalue weighted by Crippen LogP contribution is -2.39. The molecule has 2 heterocycles. The summed E-state index contributed by atoms with van der Waals surface area (Å²) in [5.41, 5.74) is 3.76. The van der Waals surface area contributed by atoms with Crippen molar-refractivity contribution in [3.05, 3.63) is 95.4 Å². The average molecular weight is 460 g/mol. The molecule has 2 aromatic carbocycles. The molecular weight excluding hydrogens is 422 g/mol. The van der Waals surface area contributed by atoms with Crippen LogP contribution < -0.4 is 5.32 Å². The summed E-state index contributed by atoms with van der Waals surface area (Å²) in [6, 6.07) is 22.9. The minimum absolute atomic E-state index is 0.0556. The number of carbonyl (C=O) groups is 1. The fraction of sp³-hybridized carbons (Fsp3) is 0.433. The highest BCUT2D eigenvalue weighted by Gasteiger charge is 2.38. The van der Waals surface area contributed by atoms with Crippen LogP contribution in [0.25, 0.3) is 0 Å². The van der Waals surface area contributed by atoms with Crippen molar-refractivity contribution in [3.63, 3.8) is 0 Å². The lowest BCUT2D eigenvalue weighted by molar-refractivity contribution is -0.121. The van der Waals surface area contributed by atoms with Gasteiger partial charge in [-0.25, -0.2) is 0 Å². The maximum absolute atomic E-state index is 13.0. The third-order valence-electron chi connectivity index (χ3n) is 7.30. The quantitative estimate of drug-likeness (QED) is 0.399. The molecule has 34 heavy (non-hydrogen) atoms. The number of benzene rings is 2. The molecule has 0 bridgehead atoms. The van der Waals surface area contributed by atoms with Crippen LogP contribution >= 0.6 is 0 Å². The second-order valence-electron chi connectivity index (χ2n) is 10.3. The van der Waals surface area contributed by atoms with Gasteiger partial charge in [0, 0.05) is 19.6 Å². The van der Waals surface area contributed by atoms with E-state index >= 15 is 0 Å². The molecule has 4 rings (SSSR count). The van der Waals surface area contributed by atoms with E-state index in [1.165, 1.54) is 11.1 Å². The van der Waals surface area contributed by atoms with Crippen molar-refractivity contribution in [2.24, 2.45) is 11.3 Å². The number of hydrogen-bond acceptors (Lipinski definition) is 3. The van der Waals surface area contributed by atoms with E-state index in [-0.39, 0.29) is 17.2 Å². The Hall–Kier alpha value is -2.85. The zero-order valence-electron chi connectivity index (χ0n) is 20.6. The minimum Gasteiger partial charge on any atom is -0.469 e. The van der Waals surface area contributed by atoms with Crippen molar-refractivity contribution >= 4 is 5.91 Å². The summed E-state index contributed by atoms with van der Waals surface area (Å²) < 4.78 is 11.5. The molecule has 1 saturated heterocycles. The Balaban J connectivity index is 1.42. The molecule has 0 radical (unpaired) electrons. The van der Waals surface area contributed by atoms with E-state index in [9.17, 15) is 4.79 Å². The predicted molar refractivity (Wildman–Crippen MR) is 136 cm³/mol. The third kappa shape index (κ3) is 5.98. The summed E-state index contributed by atoms with van der Waals surface area (Å²) in [5.74, 6) is 1.70. The fourth-order valence-electron chi connectivity index (χ4n) is 5.39. The van der Waals surface area contributed by atoms with Crippen LogP contribution in [0.4, 0.5) is 0 Å². The van der Waals surface area contributed by atoms with Crippen molar-refractivity contribution in [2.45, 2.75) is 51.9 Å². The maximum Gasteiger partial charge on any atom is 0.221 e. The normalized spacial score (nSPS) is 19.3. The van der Waals surface area contributed by atoms with Crippen LogP contribution in [0.3, 0.4) is 0 Å². The van der Waals surface area contributed by atoms with Gasteiger partial charge in [-0.05, 0) is 60.3 Å². The summed E-state index contributed by atoms with van der Waals surface area (Å²) in [7, 11) is 0. The lowest BCUT2D eigenvalue weighted by atomic mass is 9.66. The van der Waals surface area contributed by atoms with Gasteiger partial charge in [0.25, 0.3) is 0 Å². The Morgan fingerprint density at radius 3 is 2.47 bits per heavy atom. The molecule has 4 nitrogen and oxygen atoms in total. The van der Waals surface area contributed by atoms with E-state index in [2.05, 4.69) is 80.7 Å². The highest BCUT2D eigenvalue weighted by molar-refractivity contribution is 5.77. The SMILES string of the molecule is Cc1ccc([C@H](CC(=O)NCC[C@H](c2ccccc2)[C@H]2CCOCC2(C)C)c2ccco2)cc1. The zero-order chi connectivity index (χ0) is 24.0. The number of aryl methyl sites for hydroxylation is 1. The number of amides is 1. The van der Waals surface area contributed by atoms with Gasteiger partial charge in [0.2, 0.25) is 5.91 Å². The third-order valence-corrected chi connectivity index (χ3v) is 7.30. The first-order valence-corrected chi connectivity index (χ1v) is 12.4. The van der Waals surface area contributed by atoms with Gasteiger partial charge in [0.05, 0.1) is 18.8 Å². The summed E-state index contributed by atoms with van der Waals surface area (Å²) in [4.78, 5) is 13.0. The van der Waals surface area contributed by atoms with Crippen LogP contribution in [-0.4, -0.2) is 25.7 Å². The largest absolute Gasteiger partial charge is 0.469 e. The first-order chi connectivity index (χ1) is 16.4. The van der Waals surface area contributed by atoms with Crippen molar-refractivity contribution in [3.8, 4) is 0 Å². The van der Waals surface area contributed by atoms with Crippen LogP contribution in [-0.2, 0) is 9.53 Å². The Kier molecular flexibility index (Phi) is 7.89. The molecule has 3 atom stereocenters. The Labute approximate surface area is 203 Å². The molecule has 0 spiro atoms. The second kappa shape index (κ2) is 11.1. The van der Waals surface area contributed by atoms with Crippen LogP contribution in [0.5, 0.6) is 0 Å². The van der Waals surface area contributed by atoms with E-state index < -0.39 is 0 Å². The first kappa shape index (κ1) is 24.3. The molecule has 4 heteroatoms. The van der Waals surface area contributed by atoms with Gasteiger partial charge in [-0.2, -0.15) is 0 Å². The monoisotopic (exact) mass is 459 g/mol. The zero-order valence-corrected chi connectivity index (χ0v) is 20.6. The fourth-order valence-corrected chi connectivity index (χ4v) is 5.39. The molecule has 1 fully saturated rings. The Morgan fingerprint density at radius 1 is 1.03 bits per heavy atom. The molecule has 1 aliphatic heterocycles. The number of nitrogens with one attached hydrogen (secondary N) is 1. The van der Waals surface area contributed by atoms with Crippen molar-refractivity contribution < 1.29 is 13.9 Å². The number of ether oxygens (including phenoxy) is 1. The van der Waals surface area contributed by atoms with E-state index in [0.29, 0.717) is 24.8 Å². The summed E-state index contributed by atoms with van der Waals surface area (Å²) in [6.45, 7) is 8.94. The topological polar surface area (TPSA) is 51.5 Å². The lowest BCUT2D eigenvalue weighted by Gasteiger charge is -2.43. The van der Waals surface area contributed by atoms with E-state index in [0.717, 1.165) is 37.4 Å². The molecule has 0 saturated carbocycles. The van der Waals surface area contributed by atoms with E-state index in [1.807, 2.05) is 12.1 Å². The van der Waals surface area contributed by atoms with Crippen LogP contribution in [0.15, 0.2) is 77.4 Å². The van der Waals surface area contributed by atoms with Gasteiger partial charge in [0.15, 0.2) is 0 Å². The molecular formula is C30H37NO3. The predicted octanol–water partition coefficient (Wildman–Crippen LogP) is 6.46. The summed E-state index contributed by atoms with van der Waals surface area (Å²) in [6.07, 6.45) is 4.01. The number of carbonyl (C=O) groups excluding carboxylic acids is 1. The van der Waals surface area contributed by atoms with Gasteiger partial charge in [-0.1, -0.05) is 74.0 Å². The summed E-state index contributed by atoms with van der Waals surface area (Å²) >= 11 is 0. The van der Waals surface area contributed by atoms with Gasteiger partial charge in [-0.3, -0.25) is 4.79 Å². The highest BCUT2D eigenvalue weighted by Crippen LogP contribution is 2.44. The highest BCUT2D eigenvalue weighted by atomic mass is 16.5. The smallest absolute Gasteiger partial charge is 0.221 e. The van der Waals surface area contributed by atoms with Gasteiger partial charge in [-0.15, -0.1) is 0 Å². The van der Waals surface area contributed by atoms with E-state index in [1.54, 1.807) is 6.26 Å². The van der Waals surface area contributed by atoms with Crippen molar-refractivity contribution in [1.29, 1.82) is 0 Å². The van der Waals surface area contributed by atoms with Gasteiger partial charge in [0.1, 0.15) is 5.76 Å². The molecule has 3 aromatic rings. The molecule has 0 unspecified atom stereocenters. The summed E-state index contributed by atoms with van der Waals surface area (Å²) in [5, 5.41) is 3.21. The van der Waals surface area contributed by atoms with Crippen LogP contribution in [0, 0.1) is 18.3 Å². The molecule has 1 aromatic heterocycles. The van der Waals surface area contributed by atoms with Gasteiger partial charge < -0.3 is 14.5 Å². The number of hydrogen-bond donors (Lipinski definition) is 1. The Bertz CT molecular complexity index is 1020. The van der Waals surface area contributed by atoms with Gasteiger partial charge >= 0.3 is 0 Å². The maximum atomic E-state index is 13.0. The Morgan fingerprint density at radius 2 is 1.79 bits per heavy atom. The number of rotatable bonds is 9. The molecule has 0 aliphatic carbocycles. The molecule has 180 valence electrons. The first-order valence-electron chi connectivity index (χ1n) is 12.4. The van der Waals surface area contributed by atoms with Crippen LogP contribution in [0.2, 0.25) is 0 Å². The molecule has 1 aliphatic rings. The van der Waals surface area contributed by atoms with E-state index in [4.69, 9.17) is 9.15 Å². The molecule has 1 amide bonds. The van der Waals surface area contributed by atoms with Crippen molar-refractivity contribution in [2.75, 3.05) is 19.8 Å². The second-order valence-corrected chi connectivity index (χ2v) is 10.3. The standard InChI is InChI=1S/C30H37NO3/c1-22-11-13-24(14-12-22)26(28-10-7-18-34-28)20-29(32)31-17-15-25(23-8-5-4-6-9-23)27-16-19-33-21-30(27,2)3/h4-14,18,25-27H,15-17,19-21H2,1-3H3,(H,31,32)/t25-,26+,27-/m1/s1. The average Bonchev–Trinajstić information content (AvgIpc) is 3.37. The molecule has 1 N–H and O–H groups in total. The minimum atomic E-state index is -0.0880. The van der Waals surface area contributed by atoms with Crippen LogP contribution in [0.1, 0.15) is 67.4 Å².